The molecule has 1 saturated heterocycles. The van der Waals surface area contributed by atoms with Gasteiger partial charge in [-0.2, -0.15) is 0 Å². The van der Waals surface area contributed by atoms with Crippen molar-refractivity contribution in [2.45, 2.75) is 19.4 Å². The van der Waals surface area contributed by atoms with E-state index >= 15 is 0 Å². The van der Waals surface area contributed by atoms with Gasteiger partial charge in [-0.25, -0.2) is 9.37 Å². The second kappa shape index (κ2) is 8.16. The van der Waals surface area contributed by atoms with E-state index in [1.807, 2.05) is 24.4 Å². The van der Waals surface area contributed by atoms with Crippen LogP contribution in [0.2, 0.25) is 0 Å². The predicted octanol–water partition coefficient (Wildman–Crippen LogP) is 3.05. The van der Waals surface area contributed by atoms with Crippen LogP contribution in [0, 0.1) is 11.7 Å². The van der Waals surface area contributed by atoms with E-state index in [1.165, 1.54) is 13.2 Å². The van der Waals surface area contributed by atoms with Crippen molar-refractivity contribution >= 4 is 11.5 Å². The number of hydrogen-bond donors (Lipinski definition) is 2. The molecule has 2 N–H and O–H groups in total. The summed E-state index contributed by atoms with van der Waals surface area (Å²) in [5.74, 6) is 1.06. The predicted molar refractivity (Wildman–Crippen MR) is 96.5 cm³/mol. The van der Waals surface area contributed by atoms with Crippen molar-refractivity contribution in [1.29, 1.82) is 0 Å². The van der Waals surface area contributed by atoms with Crippen molar-refractivity contribution in [1.82, 2.24) is 4.98 Å². The van der Waals surface area contributed by atoms with Crippen LogP contribution in [0.3, 0.4) is 0 Å². The largest absolute Gasteiger partial charge is 0.494 e. The monoisotopic (exact) mass is 345 g/mol. The molecule has 0 atom stereocenters. The molecule has 6 heteroatoms. The topological polar surface area (TPSA) is 57.6 Å². The minimum Gasteiger partial charge on any atom is -0.494 e. The van der Waals surface area contributed by atoms with Crippen molar-refractivity contribution in [3.63, 3.8) is 0 Å². The second-order valence-corrected chi connectivity index (χ2v) is 6.34. The fraction of sp³-hybridized carbons (Fsp3) is 0.421. The SMILES string of the molecule is COc1ccc(CNc2ccc(N3CCC(CO)CC3)cn2)cc1F. The third-order valence-electron chi connectivity index (χ3n) is 4.68. The average Bonchev–Trinajstić information content (AvgIpc) is 2.67. The van der Waals surface area contributed by atoms with E-state index in [1.54, 1.807) is 6.07 Å². The van der Waals surface area contributed by atoms with E-state index in [4.69, 9.17) is 4.74 Å². The van der Waals surface area contributed by atoms with E-state index < -0.39 is 0 Å². The Balaban J connectivity index is 1.55. The number of nitrogens with zero attached hydrogens (tertiary/aromatic N) is 2. The van der Waals surface area contributed by atoms with E-state index in [2.05, 4.69) is 15.2 Å². The molecule has 1 aromatic carbocycles. The van der Waals surface area contributed by atoms with Crippen LogP contribution in [0.25, 0.3) is 0 Å². The van der Waals surface area contributed by atoms with Crippen LogP contribution in [0.1, 0.15) is 18.4 Å². The third kappa shape index (κ3) is 4.39. The summed E-state index contributed by atoms with van der Waals surface area (Å²) in [6.45, 7) is 2.67. The van der Waals surface area contributed by atoms with Gasteiger partial charge in [-0.3, -0.25) is 0 Å². The summed E-state index contributed by atoms with van der Waals surface area (Å²) in [5.41, 5.74) is 1.92. The Hall–Kier alpha value is -2.34. The van der Waals surface area contributed by atoms with Crippen LogP contribution in [-0.4, -0.2) is 36.9 Å². The van der Waals surface area contributed by atoms with Crippen LogP contribution in [-0.2, 0) is 6.54 Å². The van der Waals surface area contributed by atoms with Gasteiger partial charge in [0.15, 0.2) is 11.6 Å². The van der Waals surface area contributed by atoms with Crippen molar-refractivity contribution in [2.75, 3.05) is 37.0 Å². The number of pyridine rings is 1. The molecule has 1 fully saturated rings. The van der Waals surface area contributed by atoms with Gasteiger partial charge in [0.05, 0.1) is 19.0 Å². The highest BCUT2D eigenvalue weighted by atomic mass is 19.1. The summed E-state index contributed by atoms with van der Waals surface area (Å²) < 4.78 is 18.6. The summed E-state index contributed by atoms with van der Waals surface area (Å²) in [6.07, 6.45) is 3.88. The fourth-order valence-corrected chi connectivity index (χ4v) is 3.06. The lowest BCUT2D eigenvalue weighted by molar-refractivity contribution is 0.203. The standard InChI is InChI=1S/C19H24FN3O2/c1-25-18-4-2-15(10-17(18)20)11-21-19-5-3-16(12-22-19)23-8-6-14(13-24)7-9-23/h2-5,10,12,14,24H,6-9,11,13H2,1H3,(H,21,22). The van der Waals surface area contributed by atoms with Gasteiger partial charge in [0.25, 0.3) is 0 Å². The Morgan fingerprint density at radius 3 is 2.68 bits per heavy atom. The molecule has 0 unspecified atom stereocenters. The zero-order valence-corrected chi connectivity index (χ0v) is 14.4. The molecule has 0 saturated carbocycles. The van der Waals surface area contributed by atoms with E-state index in [0.717, 1.165) is 43.0 Å². The number of methoxy groups -OCH3 is 1. The first-order valence-electron chi connectivity index (χ1n) is 8.57. The number of benzene rings is 1. The maximum atomic E-state index is 13.7. The molecular formula is C19H24FN3O2. The fourth-order valence-electron chi connectivity index (χ4n) is 3.06. The van der Waals surface area contributed by atoms with Crippen molar-refractivity contribution in [3.8, 4) is 5.75 Å². The number of aromatic nitrogens is 1. The van der Waals surface area contributed by atoms with Crippen molar-refractivity contribution in [3.05, 3.63) is 47.9 Å². The van der Waals surface area contributed by atoms with Crippen LogP contribution in [0.4, 0.5) is 15.9 Å². The summed E-state index contributed by atoms with van der Waals surface area (Å²) in [4.78, 5) is 6.74. The van der Waals surface area contributed by atoms with E-state index in [9.17, 15) is 9.50 Å². The molecule has 0 spiro atoms. The quantitative estimate of drug-likeness (QED) is 0.843. The Kier molecular flexibility index (Phi) is 5.71. The molecule has 1 aromatic heterocycles. The van der Waals surface area contributed by atoms with Crippen LogP contribution >= 0.6 is 0 Å². The maximum absolute atomic E-state index is 13.7. The molecular weight excluding hydrogens is 321 g/mol. The number of piperidine rings is 1. The summed E-state index contributed by atoms with van der Waals surface area (Å²) in [7, 11) is 1.45. The third-order valence-corrected chi connectivity index (χ3v) is 4.68. The lowest BCUT2D eigenvalue weighted by Gasteiger charge is -2.32. The molecule has 0 amide bonds. The van der Waals surface area contributed by atoms with Crippen LogP contribution in [0.15, 0.2) is 36.5 Å². The molecule has 0 aliphatic carbocycles. The summed E-state index contributed by atoms with van der Waals surface area (Å²) in [5, 5.41) is 12.4. The smallest absolute Gasteiger partial charge is 0.165 e. The molecule has 25 heavy (non-hydrogen) atoms. The molecule has 2 aromatic rings. The molecule has 1 aliphatic rings. The van der Waals surface area contributed by atoms with Gasteiger partial charge in [0.1, 0.15) is 5.82 Å². The highest BCUT2D eigenvalue weighted by molar-refractivity contribution is 5.50. The number of aliphatic hydroxyl groups is 1. The molecule has 0 radical (unpaired) electrons. The van der Waals surface area contributed by atoms with Gasteiger partial charge in [-0.05, 0) is 48.6 Å². The highest BCUT2D eigenvalue weighted by Gasteiger charge is 2.18. The van der Waals surface area contributed by atoms with Crippen molar-refractivity contribution < 1.29 is 14.2 Å². The van der Waals surface area contributed by atoms with Crippen molar-refractivity contribution in [2.24, 2.45) is 5.92 Å². The first-order chi connectivity index (χ1) is 12.2. The van der Waals surface area contributed by atoms with Gasteiger partial charge in [-0.1, -0.05) is 6.07 Å². The maximum Gasteiger partial charge on any atom is 0.165 e. The summed E-state index contributed by atoms with van der Waals surface area (Å²) in [6, 6.07) is 8.90. The van der Waals surface area contributed by atoms with Gasteiger partial charge in [0, 0.05) is 26.2 Å². The number of aliphatic hydroxyl groups excluding tert-OH is 1. The molecule has 1 aliphatic heterocycles. The zero-order chi connectivity index (χ0) is 17.6. The highest BCUT2D eigenvalue weighted by Crippen LogP contribution is 2.23. The number of halogens is 1. The average molecular weight is 345 g/mol. The summed E-state index contributed by atoms with van der Waals surface area (Å²) >= 11 is 0. The Morgan fingerprint density at radius 1 is 1.28 bits per heavy atom. The number of nitrogens with one attached hydrogen (secondary N) is 1. The zero-order valence-electron chi connectivity index (χ0n) is 14.4. The number of rotatable bonds is 6. The normalized spacial score (nSPS) is 15.2. The molecule has 3 rings (SSSR count). The Morgan fingerprint density at radius 2 is 2.08 bits per heavy atom. The van der Waals surface area contributed by atoms with E-state index in [-0.39, 0.29) is 18.2 Å². The van der Waals surface area contributed by atoms with Crippen LogP contribution in [0.5, 0.6) is 5.75 Å². The van der Waals surface area contributed by atoms with Gasteiger partial charge in [0.2, 0.25) is 0 Å². The Labute approximate surface area is 147 Å². The number of ether oxygens (including phenoxy) is 1. The second-order valence-electron chi connectivity index (χ2n) is 6.34. The first-order valence-corrected chi connectivity index (χ1v) is 8.57. The molecule has 5 nitrogen and oxygen atoms in total. The minimum atomic E-state index is -0.364. The van der Waals surface area contributed by atoms with Gasteiger partial charge in [-0.15, -0.1) is 0 Å². The Bertz CT molecular complexity index is 686. The minimum absolute atomic E-state index is 0.246. The number of anilines is 2. The lowest BCUT2D eigenvalue weighted by Crippen LogP contribution is -2.34. The van der Waals surface area contributed by atoms with Crippen LogP contribution < -0.4 is 15.0 Å². The number of hydrogen-bond acceptors (Lipinski definition) is 5. The molecule has 0 bridgehead atoms. The molecule has 134 valence electrons. The molecule has 2 heterocycles. The van der Waals surface area contributed by atoms with Gasteiger partial charge >= 0.3 is 0 Å². The van der Waals surface area contributed by atoms with Gasteiger partial charge < -0.3 is 20.1 Å². The van der Waals surface area contributed by atoms with E-state index in [0.29, 0.717) is 12.5 Å². The first kappa shape index (κ1) is 17.5. The lowest BCUT2D eigenvalue weighted by atomic mass is 9.98.